The molecule has 1 aliphatic carbocycles. The summed E-state index contributed by atoms with van der Waals surface area (Å²) >= 11 is 0. The van der Waals surface area contributed by atoms with Crippen LogP contribution in [0.3, 0.4) is 0 Å². The molecule has 1 aliphatic heterocycles. The van der Waals surface area contributed by atoms with Crippen LogP contribution < -0.4 is 5.32 Å². The van der Waals surface area contributed by atoms with Gasteiger partial charge in [-0.2, -0.15) is 0 Å². The maximum absolute atomic E-state index is 12.1. The van der Waals surface area contributed by atoms with Gasteiger partial charge in [0.25, 0.3) is 0 Å². The van der Waals surface area contributed by atoms with Crippen LogP contribution in [0.1, 0.15) is 46.0 Å². The Hall–Kier alpha value is -0.610. The Labute approximate surface area is 109 Å². The van der Waals surface area contributed by atoms with Gasteiger partial charge in [-0.3, -0.25) is 4.79 Å². The zero-order valence-corrected chi connectivity index (χ0v) is 11.5. The van der Waals surface area contributed by atoms with Gasteiger partial charge in [0.05, 0.1) is 25.4 Å². The van der Waals surface area contributed by atoms with Crippen LogP contribution in [0.2, 0.25) is 0 Å². The largest absolute Gasteiger partial charge is 0.373 e. The van der Waals surface area contributed by atoms with Crippen molar-refractivity contribution in [3.63, 3.8) is 0 Å². The molecular formula is C14H25NO3. The molecule has 0 spiro atoms. The van der Waals surface area contributed by atoms with Crippen LogP contribution in [-0.2, 0) is 14.3 Å². The molecule has 1 amide bonds. The van der Waals surface area contributed by atoms with Crippen LogP contribution in [0.4, 0.5) is 0 Å². The van der Waals surface area contributed by atoms with Gasteiger partial charge in [0, 0.05) is 12.0 Å². The maximum Gasteiger partial charge on any atom is 0.223 e. The maximum atomic E-state index is 12.1. The summed E-state index contributed by atoms with van der Waals surface area (Å²) in [5, 5.41) is 3.18. The lowest BCUT2D eigenvalue weighted by molar-refractivity contribution is -0.159. The zero-order valence-electron chi connectivity index (χ0n) is 11.5. The van der Waals surface area contributed by atoms with Gasteiger partial charge in [-0.25, -0.2) is 0 Å². The number of nitrogens with one attached hydrogen (secondary N) is 1. The molecule has 0 radical (unpaired) electrons. The van der Waals surface area contributed by atoms with Gasteiger partial charge >= 0.3 is 0 Å². The first kappa shape index (κ1) is 13.8. The third-order valence-electron chi connectivity index (χ3n) is 4.18. The van der Waals surface area contributed by atoms with Crippen molar-refractivity contribution < 1.29 is 14.3 Å². The summed E-state index contributed by atoms with van der Waals surface area (Å²) in [5.41, 5.74) is 0. The summed E-state index contributed by atoms with van der Waals surface area (Å²) in [5.74, 6) is 0.367. The van der Waals surface area contributed by atoms with Gasteiger partial charge in [-0.15, -0.1) is 0 Å². The molecule has 2 fully saturated rings. The molecule has 1 saturated carbocycles. The second kappa shape index (κ2) is 6.53. The Morgan fingerprint density at radius 1 is 1.17 bits per heavy atom. The fourth-order valence-corrected chi connectivity index (χ4v) is 2.98. The Morgan fingerprint density at radius 3 is 2.50 bits per heavy atom. The Kier molecular flexibility index (Phi) is 5.01. The van der Waals surface area contributed by atoms with E-state index in [1.807, 2.05) is 0 Å². The molecule has 18 heavy (non-hydrogen) atoms. The summed E-state index contributed by atoms with van der Waals surface area (Å²) < 4.78 is 11.4. The van der Waals surface area contributed by atoms with Gasteiger partial charge in [-0.05, 0) is 32.1 Å². The molecule has 1 saturated heterocycles. The predicted octanol–water partition coefficient (Wildman–Crippen LogP) is 1.88. The molecule has 104 valence electrons. The molecular weight excluding hydrogens is 230 g/mol. The number of hydrogen-bond acceptors (Lipinski definition) is 3. The fourth-order valence-electron chi connectivity index (χ4n) is 2.98. The first-order chi connectivity index (χ1) is 8.74. The molecule has 2 rings (SSSR count). The van der Waals surface area contributed by atoms with E-state index in [9.17, 15) is 4.79 Å². The van der Waals surface area contributed by atoms with Crippen LogP contribution in [0.15, 0.2) is 0 Å². The topological polar surface area (TPSA) is 47.6 Å². The van der Waals surface area contributed by atoms with Crippen LogP contribution in [-0.4, -0.2) is 37.4 Å². The standard InChI is InChI=1S/C14H25NO3/c1-3-10(4-2)14(16)15-11-5-6-12-13(9-11)18-8-7-17-12/h10-13H,3-9H2,1-2H3,(H,15,16). The molecule has 0 bridgehead atoms. The van der Waals surface area contributed by atoms with Crippen molar-refractivity contribution in [2.24, 2.45) is 5.92 Å². The highest BCUT2D eigenvalue weighted by Gasteiger charge is 2.35. The molecule has 0 aromatic rings. The minimum absolute atomic E-state index is 0.159. The van der Waals surface area contributed by atoms with Crippen molar-refractivity contribution in [2.75, 3.05) is 13.2 Å². The van der Waals surface area contributed by atoms with Crippen molar-refractivity contribution in [3.8, 4) is 0 Å². The average Bonchev–Trinajstić information content (AvgIpc) is 2.40. The fraction of sp³-hybridized carbons (Fsp3) is 0.929. The Bertz CT molecular complexity index is 278. The van der Waals surface area contributed by atoms with E-state index in [1.54, 1.807) is 0 Å². The molecule has 1 N–H and O–H groups in total. The van der Waals surface area contributed by atoms with Gasteiger partial charge in [0.2, 0.25) is 5.91 Å². The van der Waals surface area contributed by atoms with E-state index >= 15 is 0 Å². The van der Waals surface area contributed by atoms with Crippen LogP contribution in [0, 0.1) is 5.92 Å². The highest BCUT2D eigenvalue weighted by Crippen LogP contribution is 2.27. The number of carbonyl (C=O) groups is 1. The minimum Gasteiger partial charge on any atom is -0.373 e. The van der Waals surface area contributed by atoms with Gasteiger partial charge in [-0.1, -0.05) is 13.8 Å². The summed E-state index contributed by atoms with van der Waals surface area (Å²) in [6.45, 7) is 5.55. The first-order valence-electron chi connectivity index (χ1n) is 7.28. The number of fused-ring (bicyclic) bond motifs is 1. The molecule has 1 heterocycles. The molecule has 0 aromatic heterocycles. The molecule has 3 atom stereocenters. The minimum atomic E-state index is 0.159. The number of ether oxygens (including phenoxy) is 2. The average molecular weight is 255 g/mol. The second-order valence-electron chi connectivity index (χ2n) is 5.35. The van der Waals surface area contributed by atoms with E-state index in [4.69, 9.17) is 9.47 Å². The summed E-state index contributed by atoms with van der Waals surface area (Å²) in [4.78, 5) is 12.1. The van der Waals surface area contributed by atoms with Crippen LogP contribution in [0.5, 0.6) is 0 Å². The van der Waals surface area contributed by atoms with E-state index in [-0.39, 0.29) is 30.1 Å². The Balaban J connectivity index is 1.82. The van der Waals surface area contributed by atoms with Crippen molar-refractivity contribution in [2.45, 2.75) is 64.2 Å². The molecule has 0 aromatic carbocycles. The number of hydrogen-bond donors (Lipinski definition) is 1. The van der Waals surface area contributed by atoms with E-state index < -0.39 is 0 Å². The van der Waals surface area contributed by atoms with Crippen molar-refractivity contribution in [1.29, 1.82) is 0 Å². The second-order valence-corrected chi connectivity index (χ2v) is 5.35. The summed E-state index contributed by atoms with van der Waals surface area (Å²) in [6.07, 6.45) is 5.17. The van der Waals surface area contributed by atoms with Crippen LogP contribution >= 0.6 is 0 Å². The lowest BCUT2D eigenvalue weighted by atomic mass is 9.89. The molecule has 2 aliphatic rings. The van der Waals surface area contributed by atoms with E-state index in [1.165, 1.54) is 0 Å². The normalized spacial score (nSPS) is 32.1. The first-order valence-corrected chi connectivity index (χ1v) is 7.28. The number of rotatable bonds is 4. The monoisotopic (exact) mass is 255 g/mol. The number of amides is 1. The highest BCUT2D eigenvalue weighted by atomic mass is 16.6. The summed E-state index contributed by atoms with van der Waals surface area (Å²) in [6, 6.07) is 0.265. The lowest BCUT2D eigenvalue weighted by Crippen LogP contribution is -2.50. The van der Waals surface area contributed by atoms with Gasteiger partial charge in [0.15, 0.2) is 0 Å². The van der Waals surface area contributed by atoms with E-state index in [2.05, 4.69) is 19.2 Å². The van der Waals surface area contributed by atoms with Crippen LogP contribution in [0.25, 0.3) is 0 Å². The van der Waals surface area contributed by atoms with Gasteiger partial charge < -0.3 is 14.8 Å². The molecule has 4 heteroatoms. The summed E-state index contributed by atoms with van der Waals surface area (Å²) in [7, 11) is 0. The van der Waals surface area contributed by atoms with Gasteiger partial charge in [0.1, 0.15) is 0 Å². The van der Waals surface area contributed by atoms with Crippen molar-refractivity contribution in [3.05, 3.63) is 0 Å². The Morgan fingerprint density at radius 2 is 1.83 bits per heavy atom. The molecule has 3 unspecified atom stereocenters. The van der Waals surface area contributed by atoms with E-state index in [0.29, 0.717) is 13.2 Å². The third-order valence-corrected chi connectivity index (χ3v) is 4.18. The van der Waals surface area contributed by atoms with E-state index in [0.717, 1.165) is 32.1 Å². The quantitative estimate of drug-likeness (QED) is 0.834. The smallest absolute Gasteiger partial charge is 0.223 e. The van der Waals surface area contributed by atoms with Crippen molar-refractivity contribution in [1.82, 2.24) is 5.32 Å². The molecule has 4 nitrogen and oxygen atoms in total. The van der Waals surface area contributed by atoms with Crippen molar-refractivity contribution >= 4 is 5.91 Å². The highest BCUT2D eigenvalue weighted by molar-refractivity contribution is 5.78. The third kappa shape index (κ3) is 3.23. The number of carbonyl (C=O) groups excluding carboxylic acids is 1. The lowest BCUT2D eigenvalue weighted by Gasteiger charge is -2.39. The SMILES string of the molecule is CCC(CC)C(=O)NC1CCC2OCCOC2C1. The zero-order chi connectivity index (χ0) is 13.0. The predicted molar refractivity (Wildman–Crippen MR) is 69.3 cm³/mol.